The van der Waals surface area contributed by atoms with Crippen LogP contribution in [-0.4, -0.2) is 21.8 Å². The highest BCUT2D eigenvalue weighted by Gasteiger charge is 2.10. The molecule has 0 aliphatic heterocycles. The van der Waals surface area contributed by atoms with Crippen molar-refractivity contribution < 1.29 is 9.84 Å². The van der Waals surface area contributed by atoms with Crippen molar-refractivity contribution in [2.24, 2.45) is 0 Å². The van der Waals surface area contributed by atoms with Gasteiger partial charge in [0.15, 0.2) is 11.5 Å². The van der Waals surface area contributed by atoms with Crippen LogP contribution in [0.2, 0.25) is 0 Å². The van der Waals surface area contributed by atoms with E-state index >= 15 is 0 Å². The molecule has 26 heavy (non-hydrogen) atoms. The van der Waals surface area contributed by atoms with Gasteiger partial charge in [-0.25, -0.2) is 4.98 Å². The number of methoxy groups -OCH3 is 1. The summed E-state index contributed by atoms with van der Waals surface area (Å²) < 4.78 is 6.38. The van der Waals surface area contributed by atoms with Crippen molar-refractivity contribution in [2.45, 2.75) is 4.90 Å². The molecule has 1 aromatic heterocycles. The molecule has 1 N–H and O–H groups in total. The third kappa shape index (κ3) is 4.68. The summed E-state index contributed by atoms with van der Waals surface area (Å²) in [5.74, 6) is 0.246. The molecule has 0 unspecified atom stereocenters. The van der Waals surface area contributed by atoms with Crippen LogP contribution in [0, 0.1) is 0 Å². The van der Waals surface area contributed by atoms with Gasteiger partial charge >= 0.3 is 0 Å². The zero-order chi connectivity index (χ0) is 19.1. The number of thiol groups is 1. The number of allylic oxidation sites excluding steroid dienone is 6. The quantitative estimate of drug-likeness (QED) is 0.577. The number of hydrogen-bond donors (Lipinski definition) is 2. The molecule has 0 bridgehead atoms. The van der Waals surface area contributed by atoms with Crippen LogP contribution < -0.4 is 10.3 Å². The van der Waals surface area contributed by atoms with E-state index in [2.05, 4.69) is 24.2 Å². The lowest BCUT2D eigenvalue weighted by Crippen LogP contribution is -2.20. The van der Waals surface area contributed by atoms with Crippen LogP contribution >= 0.6 is 24.2 Å². The third-order valence-corrected chi connectivity index (χ3v) is 4.05. The van der Waals surface area contributed by atoms with Crippen LogP contribution in [0.5, 0.6) is 11.5 Å². The van der Waals surface area contributed by atoms with Gasteiger partial charge in [-0.2, -0.15) is 0 Å². The molecule has 0 fully saturated rings. The van der Waals surface area contributed by atoms with Gasteiger partial charge in [-0.1, -0.05) is 42.5 Å². The molecule has 0 saturated carbocycles. The number of hydrogen-bond acceptors (Lipinski definition) is 5. The maximum atomic E-state index is 12.5. The first-order chi connectivity index (χ1) is 12.5. The highest BCUT2D eigenvalue weighted by molar-refractivity contribution is 7.80. The Kier molecular flexibility index (Phi) is 6.89. The number of rotatable bonds is 6. The predicted molar refractivity (Wildman–Crippen MR) is 108 cm³/mol. The van der Waals surface area contributed by atoms with Crippen molar-refractivity contribution in [3.8, 4) is 17.2 Å². The molecule has 0 amide bonds. The van der Waals surface area contributed by atoms with Gasteiger partial charge in [0.1, 0.15) is 6.33 Å². The maximum absolute atomic E-state index is 12.5. The highest BCUT2D eigenvalue weighted by atomic mass is 35.5. The number of aromatic nitrogens is 2. The Hall–Kier alpha value is -2.70. The first kappa shape index (κ1) is 19.6. The third-order valence-electron chi connectivity index (χ3n) is 3.34. The zero-order valence-electron chi connectivity index (χ0n) is 14.0. The topological polar surface area (TPSA) is 64.3 Å². The molecule has 0 spiro atoms. The minimum Gasteiger partial charge on any atom is -0.504 e. The molecule has 5 nitrogen and oxygen atoms in total. The Morgan fingerprint density at radius 1 is 1.38 bits per heavy atom. The first-order valence-corrected chi connectivity index (χ1v) is 8.31. The summed E-state index contributed by atoms with van der Waals surface area (Å²) in [6, 6.07) is 4.57. The van der Waals surface area contributed by atoms with Gasteiger partial charge in [-0.15, -0.1) is 12.6 Å². The van der Waals surface area contributed by atoms with Gasteiger partial charge in [-0.05, 0) is 24.3 Å². The summed E-state index contributed by atoms with van der Waals surface area (Å²) in [5, 5.41) is 10.2. The van der Waals surface area contributed by atoms with Crippen LogP contribution in [0.1, 0.15) is 5.69 Å². The Morgan fingerprint density at radius 3 is 2.85 bits per heavy atom. The predicted octanol–water partition coefficient (Wildman–Crippen LogP) is 4.11. The Balaban J connectivity index is 2.31. The van der Waals surface area contributed by atoms with E-state index < -0.39 is 0 Å². The number of phenolic OH excluding ortho intramolecular Hbond substituents is 1. The maximum Gasteiger partial charge on any atom is 0.271 e. The molecule has 7 heteroatoms. The van der Waals surface area contributed by atoms with Crippen LogP contribution in [0.4, 0.5) is 0 Å². The molecule has 1 aromatic carbocycles. The van der Waals surface area contributed by atoms with E-state index in [1.165, 1.54) is 30.1 Å². The molecule has 1 heterocycles. The van der Waals surface area contributed by atoms with Gasteiger partial charge < -0.3 is 9.84 Å². The van der Waals surface area contributed by atoms with Crippen molar-refractivity contribution in [1.82, 2.24) is 9.55 Å². The van der Waals surface area contributed by atoms with E-state index in [1.807, 2.05) is 0 Å². The lowest BCUT2D eigenvalue weighted by molar-refractivity contribution is 0.373. The fourth-order valence-corrected chi connectivity index (χ4v) is 2.32. The number of phenols is 1. The van der Waals surface area contributed by atoms with Crippen molar-refractivity contribution >= 4 is 30.3 Å². The minimum absolute atomic E-state index is 0.0136. The van der Waals surface area contributed by atoms with Crippen LogP contribution in [-0.2, 0) is 0 Å². The van der Waals surface area contributed by atoms with Gasteiger partial charge in [0, 0.05) is 11.1 Å². The van der Waals surface area contributed by atoms with Gasteiger partial charge in [0.05, 0.1) is 23.4 Å². The van der Waals surface area contributed by atoms with E-state index in [4.69, 9.17) is 16.3 Å². The van der Waals surface area contributed by atoms with Crippen LogP contribution in [0.3, 0.4) is 0 Å². The van der Waals surface area contributed by atoms with Crippen molar-refractivity contribution in [3.63, 3.8) is 0 Å². The van der Waals surface area contributed by atoms with Crippen LogP contribution in [0.25, 0.3) is 11.8 Å². The largest absolute Gasteiger partial charge is 0.504 e. The number of benzene rings is 1. The van der Waals surface area contributed by atoms with Gasteiger partial charge in [0.2, 0.25) is 0 Å². The van der Waals surface area contributed by atoms with Crippen molar-refractivity contribution in [2.75, 3.05) is 7.11 Å². The van der Waals surface area contributed by atoms with E-state index in [0.717, 1.165) is 0 Å². The lowest BCUT2D eigenvalue weighted by Gasteiger charge is -2.10. The summed E-state index contributed by atoms with van der Waals surface area (Å²) in [5.41, 5.74) is 0.602. The SMILES string of the molecule is C=C\C(Cl)=C/C=C/C=C/c1ncn(-c2ccc(O)c(OC)c2)c(=O)c1S. The second-order valence-electron chi connectivity index (χ2n) is 5.01. The average Bonchev–Trinajstić information content (AvgIpc) is 2.65. The van der Waals surface area contributed by atoms with E-state index in [-0.39, 0.29) is 22.0 Å². The normalized spacial score (nSPS) is 12.0. The first-order valence-electron chi connectivity index (χ1n) is 7.49. The molecular weight excluding hydrogens is 372 g/mol. The second-order valence-corrected chi connectivity index (χ2v) is 5.89. The Labute approximate surface area is 161 Å². The number of ether oxygens (including phenoxy) is 1. The number of aromatic hydroxyl groups is 1. The summed E-state index contributed by atoms with van der Waals surface area (Å²) in [6.07, 6.45) is 11.5. The number of nitrogens with zero attached hydrogens (tertiary/aromatic N) is 2. The van der Waals surface area contributed by atoms with Crippen molar-refractivity contribution in [3.05, 3.63) is 82.6 Å². The molecule has 0 aliphatic carbocycles. The molecule has 2 rings (SSSR count). The van der Waals surface area contributed by atoms with Crippen molar-refractivity contribution in [1.29, 1.82) is 0 Å². The average molecular weight is 389 g/mol. The highest BCUT2D eigenvalue weighted by Crippen LogP contribution is 2.27. The zero-order valence-corrected chi connectivity index (χ0v) is 15.6. The molecule has 2 aromatic rings. The Bertz CT molecular complexity index is 962. The molecule has 0 atom stereocenters. The van der Waals surface area contributed by atoms with E-state index in [9.17, 15) is 9.90 Å². The lowest BCUT2D eigenvalue weighted by atomic mass is 10.2. The van der Waals surface area contributed by atoms with E-state index in [1.54, 1.807) is 42.5 Å². The van der Waals surface area contributed by atoms with Crippen LogP contribution in [0.15, 0.2) is 76.2 Å². The monoisotopic (exact) mass is 388 g/mol. The van der Waals surface area contributed by atoms with Gasteiger partial charge in [-0.3, -0.25) is 9.36 Å². The fourth-order valence-electron chi connectivity index (χ4n) is 2.01. The smallest absolute Gasteiger partial charge is 0.271 e. The summed E-state index contributed by atoms with van der Waals surface area (Å²) >= 11 is 10.1. The Morgan fingerprint density at radius 2 is 2.15 bits per heavy atom. The molecule has 0 saturated heterocycles. The fraction of sp³-hybridized carbons (Fsp3) is 0.0526. The minimum atomic E-state index is -0.339. The number of halogens is 1. The summed E-state index contributed by atoms with van der Waals surface area (Å²) in [6.45, 7) is 3.55. The molecule has 0 radical (unpaired) electrons. The molecule has 134 valence electrons. The van der Waals surface area contributed by atoms with E-state index in [0.29, 0.717) is 16.4 Å². The second kappa shape index (κ2) is 9.12. The molecular formula is C19H17ClN2O3S. The summed E-state index contributed by atoms with van der Waals surface area (Å²) in [4.78, 5) is 17.0. The summed E-state index contributed by atoms with van der Waals surface area (Å²) in [7, 11) is 1.43. The standard InChI is InChI=1S/C19H17ClN2O3S/c1-3-13(20)7-5-4-6-8-15-18(26)19(24)22(12-21-15)14-9-10-16(23)17(11-14)25-2/h3-12,23,26H,1H2,2H3/b5-4+,8-6+,13-7+. The van der Waals surface area contributed by atoms with Gasteiger partial charge in [0.25, 0.3) is 5.56 Å². The molecule has 0 aliphatic rings.